The number of rotatable bonds is 5. The summed E-state index contributed by atoms with van der Waals surface area (Å²) in [5, 5.41) is 15.2. The van der Waals surface area contributed by atoms with Crippen LogP contribution in [0.25, 0.3) is 0 Å². The molecule has 0 heterocycles. The lowest BCUT2D eigenvalue weighted by Crippen LogP contribution is -2.30. The third-order valence-corrected chi connectivity index (χ3v) is 3.06. The highest BCUT2D eigenvalue weighted by Crippen LogP contribution is 2.23. The first kappa shape index (κ1) is 12.5. The van der Waals surface area contributed by atoms with Crippen molar-refractivity contribution in [1.82, 2.24) is 10.6 Å². The molecule has 0 aromatic carbocycles. The van der Waals surface area contributed by atoms with Crippen LogP contribution in [0.4, 0.5) is 0 Å². The van der Waals surface area contributed by atoms with E-state index in [9.17, 15) is 9.90 Å². The molecule has 0 saturated heterocycles. The van der Waals surface area contributed by atoms with Crippen molar-refractivity contribution in [2.75, 3.05) is 20.1 Å². The summed E-state index contributed by atoms with van der Waals surface area (Å²) >= 11 is 0. The number of hydrogen-bond acceptors (Lipinski definition) is 3. The molecule has 0 unspecified atom stereocenters. The molecule has 1 fully saturated rings. The van der Waals surface area contributed by atoms with Gasteiger partial charge in [0.2, 0.25) is 5.91 Å². The van der Waals surface area contributed by atoms with Gasteiger partial charge in [-0.2, -0.15) is 0 Å². The van der Waals surface area contributed by atoms with E-state index >= 15 is 0 Å². The SMILES string of the molecule is CNC(=O)CCNCC1CCC(O)CC1. The van der Waals surface area contributed by atoms with Crippen molar-refractivity contribution >= 4 is 5.91 Å². The number of carbonyl (C=O) groups excluding carboxylic acids is 1. The highest BCUT2D eigenvalue weighted by Gasteiger charge is 2.18. The number of amides is 1. The molecule has 4 nitrogen and oxygen atoms in total. The number of aliphatic hydroxyl groups excluding tert-OH is 1. The third kappa shape index (κ3) is 5.14. The Labute approximate surface area is 91.4 Å². The van der Waals surface area contributed by atoms with Gasteiger partial charge in [0.05, 0.1) is 6.10 Å². The maximum atomic E-state index is 10.9. The minimum absolute atomic E-state index is 0.0767. The van der Waals surface area contributed by atoms with Gasteiger partial charge in [-0.05, 0) is 38.1 Å². The molecular formula is C11H22N2O2. The smallest absolute Gasteiger partial charge is 0.221 e. The third-order valence-electron chi connectivity index (χ3n) is 3.06. The summed E-state index contributed by atoms with van der Waals surface area (Å²) in [5.74, 6) is 0.764. The lowest BCUT2D eigenvalue weighted by molar-refractivity contribution is -0.120. The van der Waals surface area contributed by atoms with Gasteiger partial charge in [0.1, 0.15) is 0 Å². The fraction of sp³-hybridized carbons (Fsp3) is 0.909. The second-order valence-corrected chi connectivity index (χ2v) is 4.30. The average molecular weight is 214 g/mol. The van der Waals surface area contributed by atoms with Gasteiger partial charge in [-0.15, -0.1) is 0 Å². The van der Waals surface area contributed by atoms with Gasteiger partial charge in [0.15, 0.2) is 0 Å². The monoisotopic (exact) mass is 214 g/mol. The van der Waals surface area contributed by atoms with E-state index in [1.807, 2.05) is 0 Å². The Kier molecular flexibility index (Phi) is 5.65. The molecule has 15 heavy (non-hydrogen) atoms. The molecule has 0 aromatic rings. The van der Waals surface area contributed by atoms with Gasteiger partial charge in [0.25, 0.3) is 0 Å². The predicted molar refractivity (Wildman–Crippen MR) is 59.5 cm³/mol. The van der Waals surface area contributed by atoms with Gasteiger partial charge in [-0.25, -0.2) is 0 Å². The predicted octanol–water partition coefficient (Wildman–Crippen LogP) is 0.263. The molecule has 1 aliphatic rings. The van der Waals surface area contributed by atoms with Crippen molar-refractivity contribution in [2.24, 2.45) is 5.92 Å². The molecule has 1 rings (SSSR count). The summed E-state index contributed by atoms with van der Waals surface area (Å²) in [6, 6.07) is 0. The molecule has 0 atom stereocenters. The average Bonchev–Trinajstić information content (AvgIpc) is 2.26. The molecule has 0 bridgehead atoms. The zero-order valence-corrected chi connectivity index (χ0v) is 9.46. The van der Waals surface area contributed by atoms with E-state index in [1.54, 1.807) is 7.05 Å². The van der Waals surface area contributed by atoms with Gasteiger partial charge < -0.3 is 15.7 Å². The maximum Gasteiger partial charge on any atom is 0.221 e. The number of aliphatic hydroxyl groups is 1. The van der Waals surface area contributed by atoms with E-state index in [-0.39, 0.29) is 12.0 Å². The van der Waals surface area contributed by atoms with Gasteiger partial charge in [0, 0.05) is 20.0 Å². The molecule has 3 N–H and O–H groups in total. The van der Waals surface area contributed by atoms with Crippen LogP contribution in [0.1, 0.15) is 32.1 Å². The summed E-state index contributed by atoms with van der Waals surface area (Å²) in [7, 11) is 1.66. The Morgan fingerprint density at radius 1 is 1.33 bits per heavy atom. The fourth-order valence-corrected chi connectivity index (χ4v) is 1.98. The Morgan fingerprint density at radius 3 is 2.60 bits per heavy atom. The quantitative estimate of drug-likeness (QED) is 0.575. The van der Waals surface area contributed by atoms with E-state index in [0.29, 0.717) is 12.3 Å². The van der Waals surface area contributed by atoms with Gasteiger partial charge in [-0.3, -0.25) is 4.79 Å². The van der Waals surface area contributed by atoms with Crippen LogP contribution >= 0.6 is 0 Å². The molecule has 88 valence electrons. The number of hydrogen-bond donors (Lipinski definition) is 3. The van der Waals surface area contributed by atoms with E-state index in [2.05, 4.69) is 10.6 Å². The van der Waals surface area contributed by atoms with Crippen molar-refractivity contribution < 1.29 is 9.90 Å². The fourth-order valence-electron chi connectivity index (χ4n) is 1.98. The Hall–Kier alpha value is -0.610. The minimum atomic E-state index is -0.0767. The summed E-state index contributed by atoms with van der Waals surface area (Å²) < 4.78 is 0. The summed E-state index contributed by atoms with van der Waals surface area (Å²) in [4.78, 5) is 10.9. The van der Waals surface area contributed by atoms with Crippen molar-refractivity contribution in [3.63, 3.8) is 0 Å². The van der Waals surface area contributed by atoms with Gasteiger partial charge >= 0.3 is 0 Å². The van der Waals surface area contributed by atoms with E-state index in [4.69, 9.17) is 0 Å². The molecule has 0 spiro atoms. The zero-order valence-electron chi connectivity index (χ0n) is 9.46. The number of nitrogens with one attached hydrogen (secondary N) is 2. The molecular weight excluding hydrogens is 192 g/mol. The van der Waals surface area contributed by atoms with Crippen molar-refractivity contribution in [2.45, 2.75) is 38.2 Å². The lowest BCUT2D eigenvalue weighted by atomic mass is 9.87. The minimum Gasteiger partial charge on any atom is -0.393 e. The lowest BCUT2D eigenvalue weighted by Gasteiger charge is -2.25. The normalized spacial score (nSPS) is 26.3. The Morgan fingerprint density at radius 2 is 2.00 bits per heavy atom. The first-order valence-electron chi connectivity index (χ1n) is 5.81. The van der Waals surface area contributed by atoms with Crippen molar-refractivity contribution in [3.8, 4) is 0 Å². The largest absolute Gasteiger partial charge is 0.393 e. The van der Waals surface area contributed by atoms with Crippen LogP contribution in [-0.2, 0) is 4.79 Å². The number of carbonyl (C=O) groups is 1. The van der Waals surface area contributed by atoms with Crippen LogP contribution in [0.3, 0.4) is 0 Å². The van der Waals surface area contributed by atoms with Crippen LogP contribution in [0.15, 0.2) is 0 Å². The Bertz CT molecular complexity index is 189. The first-order valence-corrected chi connectivity index (χ1v) is 5.81. The standard InChI is InChI=1S/C11H22N2O2/c1-12-11(15)6-7-13-8-9-2-4-10(14)5-3-9/h9-10,13-14H,2-8H2,1H3,(H,12,15). The Balaban J connectivity index is 1.98. The topological polar surface area (TPSA) is 61.4 Å². The highest BCUT2D eigenvalue weighted by atomic mass is 16.3. The van der Waals surface area contributed by atoms with Crippen LogP contribution < -0.4 is 10.6 Å². The molecule has 1 saturated carbocycles. The van der Waals surface area contributed by atoms with Crippen LogP contribution in [0, 0.1) is 5.92 Å². The van der Waals surface area contributed by atoms with E-state index < -0.39 is 0 Å². The second kappa shape index (κ2) is 6.80. The van der Waals surface area contributed by atoms with E-state index in [1.165, 1.54) is 0 Å². The maximum absolute atomic E-state index is 10.9. The van der Waals surface area contributed by atoms with Crippen LogP contribution in [0.5, 0.6) is 0 Å². The van der Waals surface area contributed by atoms with Crippen molar-refractivity contribution in [3.05, 3.63) is 0 Å². The highest BCUT2D eigenvalue weighted by molar-refractivity contribution is 5.75. The van der Waals surface area contributed by atoms with Crippen LogP contribution in [-0.4, -0.2) is 37.3 Å². The summed E-state index contributed by atoms with van der Waals surface area (Å²) in [6.45, 7) is 1.72. The second-order valence-electron chi connectivity index (χ2n) is 4.30. The van der Waals surface area contributed by atoms with Crippen molar-refractivity contribution in [1.29, 1.82) is 0 Å². The molecule has 1 amide bonds. The molecule has 0 aromatic heterocycles. The van der Waals surface area contributed by atoms with Crippen LogP contribution in [0.2, 0.25) is 0 Å². The van der Waals surface area contributed by atoms with E-state index in [0.717, 1.165) is 38.8 Å². The molecule has 0 radical (unpaired) electrons. The first-order chi connectivity index (χ1) is 7.22. The zero-order chi connectivity index (χ0) is 11.1. The molecule has 4 heteroatoms. The molecule has 0 aliphatic heterocycles. The molecule has 1 aliphatic carbocycles. The van der Waals surface area contributed by atoms with Gasteiger partial charge in [-0.1, -0.05) is 0 Å². The summed E-state index contributed by atoms with van der Waals surface area (Å²) in [6.07, 6.45) is 4.55. The summed E-state index contributed by atoms with van der Waals surface area (Å²) in [5.41, 5.74) is 0.